The SMILES string of the molecule is C=CC.CC(=O)N1CCCC1Cc1cc(N)ccc1Oc1ccc(C(=O)N(C)C)cc1. The zero-order valence-corrected chi connectivity index (χ0v) is 18.9. The Balaban J connectivity index is 0.00000107. The minimum Gasteiger partial charge on any atom is -0.457 e. The number of likely N-dealkylation sites (tertiary alicyclic amines) is 1. The third-order valence-electron chi connectivity index (χ3n) is 5.06. The maximum absolute atomic E-state index is 12.0. The molecular weight excluding hydrogens is 390 g/mol. The van der Waals surface area contributed by atoms with Crippen molar-refractivity contribution in [2.24, 2.45) is 0 Å². The van der Waals surface area contributed by atoms with Gasteiger partial charge in [-0.05, 0) is 74.2 Å². The Kier molecular flexibility index (Phi) is 8.67. The van der Waals surface area contributed by atoms with Crippen molar-refractivity contribution in [2.75, 3.05) is 26.4 Å². The van der Waals surface area contributed by atoms with Gasteiger partial charge in [0, 0.05) is 44.9 Å². The first-order chi connectivity index (χ1) is 14.8. The second-order valence-electron chi connectivity index (χ2n) is 7.81. The first-order valence-corrected chi connectivity index (χ1v) is 10.5. The standard InChI is InChI=1S/C22H27N3O3.C3H6/c1-15(26)25-12-4-5-19(25)14-17-13-18(23)8-11-21(17)28-20-9-6-16(7-10-20)22(27)24(2)3;1-3-2/h6-11,13,19H,4-5,12,14,23H2,1-3H3;3H,1H2,2H3. The monoisotopic (exact) mass is 423 g/mol. The molecule has 1 unspecified atom stereocenters. The Bertz CT molecular complexity index is 907. The maximum atomic E-state index is 12.0. The lowest BCUT2D eigenvalue weighted by molar-refractivity contribution is -0.129. The molecule has 2 aromatic rings. The quantitative estimate of drug-likeness (QED) is 0.567. The number of amides is 2. The van der Waals surface area contributed by atoms with E-state index >= 15 is 0 Å². The van der Waals surface area contributed by atoms with E-state index < -0.39 is 0 Å². The molecule has 0 aliphatic carbocycles. The molecule has 2 aromatic carbocycles. The summed E-state index contributed by atoms with van der Waals surface area (Å²) in [4.78, 5) is 27.4. The number of hydrogen-bond acceptors (Lipinski definition) is 4. The lowest BCUT2D eigenvalue weighted by atomic mass is 10.0. The van der Waals surface area contributed by atoms with Gasteiger partial charge in [0.15, 0.2) is 0 Å². The molecule has 1 heterocycles. The first kappa shape index (κ1) is 24.0. The Morgan fingerprint density at radius 3 is 2.45 bits per heavy atom. The van der Waals surface area contributed by atoms with Crippen LogP contribution in [0.3, 0.4) is 0 Å². The molecule has 0 saturated carbocycles. The van der Waals surface area contributed by atoms with Gasteiger partial charge in [-0.1, -0.05) is 6.08 Å². The number of rotatable bonds is 5. The molecule has 0 aromatic heterocycles. The summed E-state index contributed by atoms with van der Waals surface area (Å²) in [5.74, 6) is 1.42. The number of ether oxygens (including phenoxy) is 1. The highest BCUT2D eigenvalue weighted by Crippen LogP contribution is 2.31. The van der Waals surface area contributed by atoms with E-state index in [9.17, 15) is 9.59 Å². The van der Waals surface area contributed by atoms with Gasteiger partial charge in [0.25, 0.3) is 5.91 Å². The number of hydrogen-bond donors (Lipinski definition) is 1. The molecule has 1 aliphatic rings. The van der Waals surface area contributed by atoms with Crippen LogP contribution in [0.15, 0.2) is 55.1 Å². The second-order valence-corrected chi connectivity index (χ2v) is 7.81. The molecule has 0 spiro atoms. The van der Waals surface area contributed by atoms with Gasteiger partial charge in [0.1, 0.15) is 11.5 Å². The Hall–Kier alpha value is -3.28. The molecule has 2 N–H and O–H groups in total. The molecule has 31 heavy (non-hydrogen) atoms. The summed E-state index contributed by atoms with van der Waals surface area (Å²) in [5.41, 5.74) is 8.25. The number of nitrogen functional groups attached to an aromatic ring is 1. The average molecular weight is 424 g/mol. The van der Waals surface area contributed by atoms with Crippen molar-refractivity contribution in [1.82, 2.24) is 9.80 Å². The number of nitrogens with zero attached hydrogens (tertiary/aromatic N) is 2. The minimum absolute atomic E-state index is 0.0507. The predicted molar refractivity (Wildman–Crippen MR) is 125 cm³/mol. The van der Waals surface area contributed by atoms with Crippen LogP contribution in [0.2, 0.25) is 0 Å². The van der Waals surface area contributed by atoms with Gasteiger partial charge in [-0.2, -0.15) is 0 Å². The van der Waals surface area contributed by atoms with E-state index in [1.54, 1.807) is 57.4 Å². The van der Waals surface area contributed by atoms with E-state index in [2.05, 4.69) is 6.58 Å². The van der Waals surface area contributed by atoms with Crippen molar-refractivity contribution in [3.8, 4) is 11.5 Å². The van der Waals surface area contributed by atoms with Gasteiger partial charge < -0.3 is 20.3 Å². The molecule has 166 valence electrons. The van der Waals surface area contributed by atoms with Gasteiger partial charge in [-0.25, -0.2) is 0 Å². The third kappa shape index (κ3) is 6.60. The van der Waals surface area contributed by atoms with E-state index in [-0.39, 0.29) is 17.9 Å². The van der Waals surface area contributed by atoms with Crippen molar-refractivity contribution in [1.29, 1.82) is 0 Å². The lowest BCUT2D eigenvalue weighted by Gasteiger charge is -2.24. The van der Waals surface area contributed by atoms with Crippen LogP contribution >= 0.6 is 0 Å². The number of allylic oxidation sites excluding steroid dienone is 1. The highest BCUT2D eigenvalue weighted by Gasteiger charge is 2.27. The van der Waals surface area contributed by atoms with Gasteiger partial charge in [0.2, 0.25) is 5.91 Å². The molecule has 2 amide bonds. The van der Waals surface area contributed by atoms with Crippen LogP contribution < -0.4 is 10.5 Å². The summed E-state index contributed by atoms with van der Waals surface area (Å²) in [7, 11) is 3.45. The molecule has 6 nitrogen and oxygen atoms in total. The fourth-order valence-corrected chi connectivity index (χ4v) is 3.63. The highest BCUT2D eigenvalue weighted by molar-refractivity contribution is 5.93. The Labute approximate surface area is 185 Å². The highest BCUT2D eigenvalue weighted by atomic mass is 16.5. The van der Waals surface area contributed by atoms with Crippen molar-refractivity contribution in [2.45, 2.75) is 39.2 Å². The maximum Gasteiger partial charge on any atom is 0.253 e. The summed E-state index contributed by atoms with van der Waals surface area (Å²) >= 11 is 0. The number of carbonyl (C=O) groups excluding carboxylic acids is 2. The van der Waals surface area contributed by atoms with Gasteiger partial charge in [-0.3, -0.25) is 9.59 Å². The predicted octanol–water partition coefficient (Wildman–Crippen LogP) is 4.51. The molecule has 1 saturated heterocycles. The van der Waals surface area contributed by atoms with Crippen LogP contribution in [0.1, 0.15) is 42.6 Å². The Morgan fingerprint density at radius 1 is 1.23 bits per heavy atom. The van der Waals surface area contributed by atoms with Crippen LogP contribution in [0, 0.1) is 0 Å². The molecule has 1 aliphatic heterocycles. The molecule has 6 heteroatoms. The zero-order chi connectivity index (χ0) is 23.0. The summed E-state index contributed by atoms with van der Waals surface area (Å²) < 4.78 is 6.08. The number of carbonyl (C=O) groups is 2. The summed E-state index contributed by atoms with van der Waals surface area (Å²) in [6, 6.07) is 12.8. The van der Waals surface area contributed by atoms with Gasteiger partial charge >= 0.3 is 0 Å². The molecule has 1 atom stereocenters. The molecule has 0 bridgehead atoms. The van der Waals surface area contributed by atoms with Gasteiger partial charge in [-0.15, -0.1) is 6.58 Å². The molecular formula is C25H33N3O3. The number of nitrogens with two attached hydrogens (primary N) is 1. The minimum atomic E-state index is -0.0507. The molecule has 3 rings (SSSR count). The second kappa shape index (κ2) is 11.2. The average Bonchev–Trinajstić information content (AvgIpc) is 3.19. The van der Waals surface area contributed by atoms with Gasteiger partial charge in [0.05, 0.1) is 0 Å². The normalized spacial score (nSPS) is 15.0. The van der Waals surface area contributed by atoms with Crippen molar-refractivity contribution < 1.29 is 14.3 Å². The van der Waals surface area contributed by atoms with Crippen LogP contribution in [0.5, 0.6) is 11.5 Å². The van der Waals surface area contributed by atoms with E-state index in [4.69, 9.17) is 10.5 Å². The Morgan fingerprint density at radius 2 is 1.87 bits per heavy atom. The molecule has 1 fully saturated rings. The molecule has 0 radical (unpaired) electrons. The third-order valence-corrected chi connectivity index (χ3v) is 5.06. The van der Waals surface area contributed by atoms with Crippen molar-refractivity contribution in [3.63, 3.8) is 0 Å². The fraction of sp³-hybridized carbons (Fsp3) is 0.360. The van der Waals surface area contributed by atoms with E-state index in [1.165, 1.54) is 4.90 Å². The zero-order valence-electron chi connectivity index (χ0n) is 18.9. The van der Waals surface area contributed by atoms with Crippen LogP contribution in [-0.4, -0.2) is 48.3 Å². The largest absolute Gasteiger partial charge is 0.457 e. The van der Waals surface area contributed by atoms with E-state index in [1.807, 2.05) is 24.0 Å². The van der Waals surface area contributed by atoms with E-state index in [0.717, 1.165) is 30.7 Å². The summed E-state index contributed by atoms with van der Waals surface area (Å²) in [5, 5.41) is 0. The smallest absolute Gasteiger partial charge is 0.253 e. The lowest BCUT2D eigenvalue weighted by Crippen LogP contribution is -2.35. The van der Waals surface area contributed by atoms with E-state index in [0.29, 0.717) is 23.4 Å². The van der Waals surface area contributed by atoms with Crippen molar-refractivity contribution in [3.05, 3.63) is 66.2 Å². The van der Waals surface area contributed by atoms with Crippen LogP contribution in [-0.2, 0) is 11.2 Å². The number of benzene rings is 2. The van der Waals surface area contributed by atoms with Crippen molar-refractivity contribution >= 4 is 17.5 Å². The summed E-state index contributed by atoms with van der Waals surface area (Å²) in [6.45, 7) is 7.67. The van der Waals surface area contributed by atoms with Crippen LogP contribution in [0.4, 0.5) is 5.69 Å². The fourth-order valence-electron chi connectivity index (χ4n) is 3.63. The van der Waals surface area contributed by atoms with Crippen LogP contribution in [0.25, 0.3) is 0 Å². The summed E-state index contributed by atoms with van der Waals surface area (Å²) in [6.07, 6.45) is 4.45. The topological polar surface area (TPSA) is 75.9 Å². The first-order valence-electron chi connectivity index (χ1n) is 10.5. The number of anilines is 1.